The molecule has 2 aliphatic heterocycles. The maximum Gasteiger partial charge on any atom is 0.258 e. The second-order valence-corrected chi connectivity index (χ2v) is 8.98. The van der Waals surface area contributed by atoms with E-state index in [9.17, 15) is 4.79 Å². The Labute approximate surface area is 177 Å². The molecule has 152 valence electrons. The lowest BCUT2D eigenvalue weighted by atomic mass is 10.1. The van der Waals surface area contributed by atoms with E-state index < -0.39 is 0 Å². The van der Waals surface area contributed by atoms with Crippen LogP contribution in [0.2, 0.25) is 5.02 Å². The average Bonchev–Trinajstić information content (AvgIpc) is 3.15. The number of nitrogens with one attached hydrogen (secondary N) is 1. The molecule has 2 unspecified atom stereocenters. The van der Waals surface area contributed by atoms with Gasteiger partial charge in [-0.25, -0.2) is 0 Å². The van der Waals surface area contributed by atoms with Gasteiger partial charge in [0.25, 0.3) is 5.91 Å². The Bertz CT molecular complexity index is 844. The summed E-state index contributed by atoms with van der Waals surface area (Å²) in [5.41, 5.74) is 1.92. The van der Waals surface area contributed by atoms with Crippen molar-refractivity contribution in [2.75, 3.05) is 13.1 Å². The number of benzene rings is 1. The van der Waals surface area contributed by atoms with Gasteiger partial charge in [0, 0.05) is 30.4 Å². The third-order valence-electron chi connectivity index (χ3n) is 5.65. The standard InChI is InChI=1S/C21H27ClN4O.ClH/c1-21(2,3)25-13-17(19(24-25)16-6-4-5-7-18(16)22)20(27)26-14-8-9-15(26)12-23-11-10-14;/h4-7,13-15,23H,8-12H2,1-3H3;1H. The van der Waals surface area contributed by atoms with Crippen molar-refractivity contribution in [2.24, 2.45) is 0 Å². The van der Waals surface area contributed by atoms with Gasteiger partial charge in [0.15, 0.2) is 0 Å². The molecule has 5 nitrogen and oxygen atoms in total. The summed E-state index contributed by atoms with van der Waals surface area (Å²) < 4.78 is 1.89. The third kappa shape index (κ3) is 3.80. The summed E-state index contributed by atoms with van der Waals surface area (Å²) in [7, 11) is 0. The minimum Gasteiger partial charge on any atom is -0.331 e. The van der Waals surface area contributed by atoms with Gasteiger partial charge in [-0.05, 0) is 52.6 Å². The molecule has 2 bridgehead atoms. The van der Waals surface area contributed by atoms with E-state index in [0.717, 1.165) is 37.9 Å². The molecule has 1 N–H and O–H groups in total. The van der Waals surface area contributed by atoms with E-state index >= 15 is 0 Å². The molecule has 7 heteroatoms. The van der Waals surface area contributed by atoms with Gasteiger partial charge in [0.1, 0.15) is 5.69 Å². The van der Waals surface area contributed by atoms with Gasteiger partial charge < -0.3 is 10.2 Å². The zero-order valence-corrected chi connectivity index (χ0v) is 18.2. The summed E-state index contributed by atoms with van der Waals surface area (Å²) in [6.07, 6.45) is 5.07. The second kappa shape index (κ2) is 8.05. The van der Waals surface area contributed by atoms with Crippen LogP contribution in [0.1, 0.15) is 50.4 Å². The summed E-state index contributed by atoms with van der Waals surface area (Å²) in [4.78, 5) is 15.8. The molecular weight excluding hydrogens is 395 g/mol. The predicted molar refractivity (Wildman–Crippen MR) is 115 cm³/mol. The normalized spacial score (nSPS) is 21.9. The highest BCUT2D eigenvalue weighted by atomic mass is 35.5. The van der Waals surface area contributed by atoms with Crippen molar-refractivity contribution >= 4 is 29.9 Å². The van der Waals surface area contributed by atoms with Crippen LogP contribution in [0.15, 0.2) is 30.5 Å². The van der Waals surface area contributed by atoms with Crippen molar-refractivity contribution < 1.29 is 4.79 Å². The molecule has 2 aliphatic rings. The highest BCUT2D eigenvalue weighted by Gasteiger charge is 2.40. The van der Waals surface area contributed by atoms with Crippen LogP contribution in [0.4, 0.5) is 0 Å². The summed E-state index contributed by atoms with van der Waals surface area (Å²) in [6.45, 7) is 8.11. The maximum atomic E-state index is 13.7. The average molecular weight is 423 g/mol. The van der Waals surface area contributed by atoms with Crippen LogP contribution >= 0.6 is 24.0 Å². The van der Waals surface area contributed by atoms with E-state index in [2.05, 4.69) is 31.0 Å². The topological polar surface area (TPSA) is 50.2 Å². The first kappa shape index (κ1) is 21.2. The summed E-state index contributed by atoms with van der Waals surface area (Å²) in [5, 5.41) is 8.87. The fraction of sp³-hybridized carbons (Fsp3) is 0.524. The molecule has 2 fully saturated rings. The first-order chi connectivity index (χ1) is 12.9. The number of halogens is 2. The molecule has 0 saturated carbocycles. The summed E-state index contributed by atoms with van der Waals surface area (Å²) >= 11 is 6.46. The van der Waals surface area contributed by atoms with Crippen molar-refractivity contribution in [1.82, 2.24) is 20.0 Å². The van der Waals surface area contributed by atoms with E-state index in [1.54, 1.807) is 0 Å². The number of nitrogens with zero attached hydrogens (tertiary/aromatic N) is 3. The Morgan fingerprint density at radius 1 is 1.18 bits per heavy atom. The Kier molecular flexibility index (Phi) is 6.08. The first-order valence-corrected chi connectivity index (χ1v) is 10.1. The lowest BCUT2D eigenvalue weighted by Crippen LogP contribution is -2.42. The molecule has 2 atom stereocenters. The monoisotopic (exact) mass is 422 g/mol. The first-order valence-electron chi connectivity index (χ1n) is 9.74. The van der Waals surface area contributed by atoms with Crippen LogP contribution in [0.5, 0.6) is 0 Å². The van der Waals surface area contributed by atoms with E-state index in [0.29, 0.717) is 22.3 Å². The fourth-order valence-corrected chi connectivity index (χ4v) is 4.40. The molecule has 28 heavy (non-hydrogen) atoms. The summed E-state index contributed by atoms with van der Waals surface area (Å²) in [6, 6.07) is 8.20. The number of rotatable bonds is 2. The molecule has 0 aliphatic carbocycles. The molecule has 1 aromatic carbocycles. The Balaban J connectivity index is 0.00000225. The van der Waals surface area contributed by atoms with Gasteiger partial charge in [0.2, 0.25) is 0 Å². The zero-order valence-electron chi connectivity index (χ0n) is 16.6. The molecule has 3 heterocycles. The lowest BCUT2D eigenvalue weighted by molar-refractivity contribution is 0.0681. The number of carbonyl (C=O) groups is 1. The number of carbonyl (C=O) groups excluding carboxylic acids is 1. The number of amides is 1. The van der Waals surface area contributed by atoms with Crippen molar-refractivity contribution in [3.05, 3.63) is 41.0 Å². The predicted octanol–water partition coefficient (Wildman–Crippen LogP) is 4.35. The van der Waals surface area contributed by atoms with Crippen molar-refractivity contribution in [3.8, 4) is 11.3 Å². The Morgan fingerprint density at radius 2 is 1.89 bits per heavy atom. The van der Waals surface area contributed by atoms with Crippen molar-refractivity contribution in [2.45, 2.75) is 57.7 Å². The molecule has 2 aromatic rings. The highest BCUT2D eigenvalue weighted by molar-refractivity contribution is 6.33. The van der Waals surface area contributed by atoms with Crippen LogP contribution in [0, 0.1) is 0 Å². The third-order valence-corrected chi connectivity index (χ3v) is 5.98. The molecule has 0 spiro atoms. The number of hydrogen-bond acceptors (Lipinski definition) is 3. The fourth-order valence-electron chi connectivity index (χ4n) is 4.18. The van der Waals surface area contributed by atoms with E-state index in [1.165, 1.54) is 0 Å². The van der Waals surface area contributed by atoms with Gasteiger partial charge in [-0.15, -0.1) is 12.4 Å². The molecule has 1 amide bonds. The SMILES string of the molecule is CC(C)(C)n1cc(C(=O)N2C3CCNCC2CC3)c(-c2ccccc2Cl)n1.Cl. The second-order valence-electron chi connectivity index (χ2n) is 8.58. The van der Waals surface area contributed by atoms with Crippen LogP contribution in [0.3, 0.4) is 0 Å². The minimum absolute atomic E-state index is 0. The maximum absolute atomic E-state index is 13.7. The smallest absolute Gasteiger partial charge is 0.258 e. The van der Waals surface area contributed by atoms with Crippen LogP contribution in [-0.2, 0) is 5.54 Å². The highest BCUT2D eigenvalue weighted by Crippen LogP contribution is 2.35. The Hall–Kier alpha value is -1.56. The molecule has 2 saturated heterocycles. The van der Waals surface area contributed by atoms with E-state index in [-0.39, 0.29) is 29.9 Å². The largest absolute Gasteiger partial charge is 0.331 e. The van der Waals surface area contributed by atoms with E-state index in [1.807, 2.05) is 35.1 Å². The minimum atomic E-state index is -0.214. The molecular formula is C21H28Cl2N4O. The quantitative estimate of drug-likeness (QED) is 0.782. The van der Waals surface area contributed by atoms with Crippen LogP contribution in [0.25, 0.3) is 11.3 Å². The molecule has 4 rings (SSSR count). The summed E-state index contributed by atoms with van der Waals surface area (Å²) in [5.74, 6) is 0.0802. The van der Waals surface area contributed by atoms with Gasteiger partial charge in [-0.2, -0.15) is 5.10 Å². The Morgan fingerprint density at radius 3 is 2.61 bits per heavy atom. The van der Waals surface area contributed by atoms with Gasteiger partial charge >= 0.3 is 0 Å². The van der Waals surface area contributed by atoms with Crippen LogP contribution < -0.4 is 5.32 Å². The van der Waals surface area contributed by atoms with E-state index in [4.69, 9.17) is 16.7 Å². The molecule has 0 radical (unpaired) electrons. The van der Waals surface area contributed by atoms with Gasteiger partial charge in [-0.1, -0.05) is 29.8 Å². The zero-order chi connectivity index (χ0) is 19.2. The molecule has 1 aromatic heterocycles. The van der Waals surface area contributed by atoms with Crippen LogP contribution in [-0.4, -0.2) is 45.8 Å². The number of fused-ring (bicyclic) bond motifs is 2. The lowest BCUT2D eigenvalue weighted by Gasteiger charge is -2.28. The van der Waals surface area contributed by atoms with Crippen molar-refractivity contribution in [1.29, 1.82) is 0 Å². The number of hydrogen-bond donors (Lipinski definition) is 1. The van der Waals surface area contributed by atoms with Crippen molar-refractivity contribution in [3.63, 3.8) is 0 Å². The number of aromatic nitrogens is 2. The van der Waals surface area contributed by atoms with Gasteiger partial charge in [0.05, 0.1) is 16.1 Å². The van der Waals surface area contributed by atoms with Gasteiger partial charge in [-0.3, -0.25) is 9.48 Å².